The molecule has 2 rings (SSSR count). The summed E-state index contributed by atoms with van der Waals surface area (Å²) in [6, 6.07) is 4.15. The van der Waals surface area contributed by atoms with Crippen LogP contribution in [-0.2, 0) is 12.1 Å². The minimum absolute atomic E-state index is 0.234. The number of thiophene rings is 1. The fraction of sp³-hybridized carbons (Fsp3) is 0.462. The maximum atomic E-state index is 10.4. The lowest BCUT2D eigenvalue weighted by molar-refractivity contribution is 0.0573. The Balaban J connectivity index is 1.85. The summed E-state index contributed by atoms with van der Waals surface area (Å²) >= 11 is 4.95. The van der Waals surface area contributed by atoms with Gasteiger partial charge in [-0.2, -0.15) is 5.10 Å². The van der Waals surface area contributed by atoms with Crippen LogP contribution in [0.3, 0.4) is 0 Å². The average Bonchev–Trinajstić information content (AvgIpc) is 2.98. The van der Waals surface area contributed by atoms with Crippen molar-refractivity contribution >= 4 is 27.3 Å². The van der Waals surface area contributed by atoms with Crippen LogP contribution in [0.25, 0.3) is 0 Å². The second-order valence-electron chi connectivity index (χ2n) is 4.91. The summed E-state index contributed by atoms with van der Waals surface area (Å²) in [5.74, 6) is 0. The monoisotopic (exact) mass is 343 g/mol. The minimum Gasteiger partial charge on any atom is -0.383 e. The zero-order valence-electron chi connectivity index (χ0n) is 11.0. The molecule has 104 valence electrons. The van der Waals surface area contributed by atoms with Gasteiger partial charge in [0.15, 0.2) is 0 Å². The molecule has 0 bridgehead atoms. The van der Waals surface area contributed by atoms with Crippen LogP contribution in [0.5, 0.6) is 0 Å². The minimum atomic E-state index is -0.826. The van der Waals surface area contributed by atoms with Crippen LogP contribution in [0.2, 0.25) is 0 Å². The lowest BCUT2D eigenvalue weighted by atomic mass is 10.0. The molecule has 4 nitrogen and oxygen atoms in total. The first-order chi connectivity index (χ1) is 8.97. The molecule has 2 heterocycles. The van der Waals surface area contributed by atoms with Gasteiger partial charge in [-0.05, 0) is 41.2 Å². The predicted octanol–water partition coefficient (Wildman–Crippen LogP) is 2.59. The van der Waals surface area contributed by atoms with Crippen LogP contribution in [-0.4, -0.2) is 27.5 Å². The Bertz CT molecular complexity index is 510. The molecule has 0 saturated heterocycles. The summed E-state index contributed by atoms with van der Waals surface area (Å²) in [5.41, 5.74) is -0.826. The molecule has 0 spiro atoms. The van der Waals surface area contributed by atoms with Crippen LogP contribution in [0, 0.1) is 0 Å². The standard InChI is InChI=1S/C13H18BrN3OS/c1-10(7-17-8-11(14)6-16-17)15-9-13(2,18)12-4-3-5-19-12/h3-6,8,10,15,18H,7,9H2,1-2H3/t10-,13-/m1/s1. The third kappa shape index (κ3) is 4.14. The lowest BCUT2D eigenvalue weighted by Gasteiger charge is -2.25. The van der Waals surface area contributed by atoms with E-state index >= 15 is 0 Å². The van der Waals surface area contributed by atoms with E-state index in [0.29, 0.717) is 6.54 Å². The first-order valence-corrected chi connectivity index (χ1v) is 7.82. The van der Waals surface area contributed by atoms with Crippen molar-refractivity contribution < 1.29 is 5.11 Å². The molecule has 19 heavy (non-hydrogen) atoms. The first kappa shape index (κ1) is 14.7. The predicted molar refractivity (Wildman–Crippen MR) is 81.3 cm³/mol. The van der Waals surface area contributed by atoms with E-state index in [-0.39, 0.29) is 6.04 Å². The van der Waals surface area contributed by atoms with Crippen LogP contribution >= 0.6 is 27.3 Å². The van der Waals surface area contributed by atoms with Gasteiger partial charge in [-0.15, -0.1) is 11.3 Å². The van der Waals surface area contributed by atoms with Gasteiger partial charge in [0.25, 0.3) is 0 Å². The number of aromatic nitrogens is 2. The molecule has 0 fully saturated rings. The number of hydrogen-bond acceptors (Lipinski definition) is 4. The Morgan fingerprint density at radius 1 is 1.63 bits per heavy atom. The second-order valence-corrected chi connectivity index (χ2v) is 6.78. The number of hydrogen-bond donors (Lipinski definition) is 2. The van der Waals surface area contributed by atoms with Gasteiger partial charge in [0.1, 0.15) is 5.60 Å². The van der Waals surface area contributed by atoms with Crippen LogP contribution in [0.15, 0.2) is 34.4 Å². The molecule has 0 aliphatic carbocycles. The van der Waals surface area contributed by atoms with E-state index in [9.17, 15) is 5.11 Å². The highest BCUT2D eigenvalue weighted by Gasteiger charge is 2.24. The smallest absolute Gasteiger partial charge is 0.108 e. The number of nitrogens with one attached hydrogen (secondary N) is 1. The summed E-state index contributed by atoms with van der Waals surface area (Å²) in [5, 5.41) is 20.0. The highest BCUT2D eigenvalue weighted by Crippen LogP contribution is 2.24. The Morgan fingerprint density at radius 3 is 3.00 bits per heavy atom. The highest BCUT2D eigenvalue weighted by molar-refractivity contribution is 9.10. The molecule has 0 aromatic carbocycles. The third-order valence-electron chi connectivity index (χ3n) is 2.91. The quantitative estimate of drug-likeness (QED) is 0.847. The first-order valence-electron chi connectivity index (χ1n) is 6.15. The van der Waals surface area contributed by atoms with E-state index in [1.165, 1.54) is 0 Å². The fourth-order valence-electron chi connectivity index (χ4n) is 1.83. The molecule has 0 unspecified atom stereocenters. The number of halogens is 1. The van der Waals surface area contributed by atoms with Crippen molar-refractivity contribution in [2.24, 2.45) is 0 Å². The number of rotatable bonds is 6. The van der Waals surface area contributed by atoms with Gasteiger partial charge in [-0.1, -0.05) is 6.07 Å². The maximum absolute atomic E-state index is 10.4. The van der Waals surface area contributed by atoms with Crippen molar-refractivity contribution in [2.75, 3.05) is 6.54 Å². The van der Waals surface area contributed by atoms with E-state index in [4.69, 9.17) is 0 Å². The van der Waals surface area contributed by atoms with Crippen LogP contribution in [0.4, 0.5) is 0 Å². The van der Waals surface area contributed by atoms with Crippen molar-refractivity contribution in [1.29, 1.82) is 0 Å². The molecule has 0 aliphatic rings. The third-order valence-corrected chi connectivity index (χ3v) is 4.44. The van der Waals surface area contributed by atoms with Gasteiger partial charge in [0, 0.05) is 23.7 Å². The van der Waals surface area contributed by atoms with Gasteiger partial charge in [0.2, 0.25) is 0 Å². The Labute approximate surface area is 125 Å². The van der Waals surface area contributed by atoms with Gasteiger partial charge in [-0.25, -0.2) is 0 Å². The van der Waals surface area contributed by atoms with E-state index in [1.54, 1.807) is 17.5 Å². The topological polar surface area (TPSA) is 50.1 Å². The van der Waals surface area contributed by atoms with E-state index < -0.39 is 5.60 Å². The Hall–Kier alpha value is -0.690. The lowest BCUT2D eigenvalue weighted by Crippen LogP contribution is -2.41. The summed E-state index contributed by atoms with van der Waals surface area (Å²) in [7, 11) is 0. The molecule has 0 amide bonds. The largest absolute Gasteiger partial charge is 0.383 e. The molecular formula is C13H18BrN3OS. The summed E-state index contributed by atoms with van der Waals surface area (Å²) in [6.07, 6.45) is 3.71. The molecule has 2 aromatic heterocycles. The van der Waals surface area contributed by atoms with Crippen molar-refractivity contribution in [3.63, 3.8) is 0 Å². The Morgan fingerprint density at radius 2 is 2.42 bits per heavy atom. The summed E-state index contributed by atoms with van der Waals surface area (Å²) < 4.78 is 2.85. The highest BCUT2D eigenvalue weighted by atomic mass is 79.9. The summed E-state index contributed by atoms with van der Waals surface area (Å²) in [6.45, 7) is 5.21. The van der Waals surface area contributed by atoms with Gasteiger partial charge >= 0.3 is 0 Å². The van der Waals surface area contributed by atoms with Gasteiger partial charge in [-0.3, -0.25) is 4.68 Å². The summed E-state index contributed by atoms with van der Waals surface area (Å²) in [4.78, 5) is 0.981. The number of aliphatic hydroxyl groups is 1. The van der Waals surface area contributed by atoms with Crippen LogP contribution < -0.4 is 5.32 Å². The van der Waals surface area contributed by atoms with Crippen molar-refractivity contribution in [3.05, 3.63) is 39.3 Å². The molecular weight excluding hydrogens is 326 g/mol. The molecule has 2 aromatic rings. The average molecular weight is 344 g/mol. The van der Waals surface area contributed by atoms with Gasteiger partial charge in [0.05, 0.1) is 17.2 Å². The normalized spacial score (nSPS) is 16.2. The van der Waals surface area contributed by atoms with Crippen LogP contribution in [0.1, 0.15) is 18.7 Å². The van der Waals surface area contributed by atoms with Crippen molar-refractivity contribution in [3.8, 4) is 0 Å². The second kappa shape index (κ2) is 6.17. The van der Waals surface area contributed by atoms with Crippen molar-refractivity contribution in [2.45, 2.75) is 32.0 Å². The molecule has 6 heteroatoms. The molecule has 0 radical (unpaired) electrons. The van der Waals surface area contributed by atoms with E-state index in [0.717, 1.165) is 15.9 Å². The van der Waals surface area contributed by atoms with Gasteiger partial charge < -0.3 is 10.4 Å². The fourth-order valence-corrected chi connectivity index (χ4v) is 2.94. The Kier molecular flexibility index (Phi) is 4.78. The maximum Gasteiger partial charge on any atom is 0.108 e. The zero-order valence-corrected chi connectivity index (χ0v) is 13.4. The molecule has 2 atom stereocenters. The molecule has 0 saturated carbocycles. The van der Waals surface area contributed by atoms with E-state index in [1.807, 2.05) is 35.3 Å². The number of nitrogens with zero attached hydrogens (tertiary/aromatic N) is 2. The van der Waals surface area contributed by atoms with E-state index in [2.05, 4.69) is 33.3 Å². The molecule has 2 N–H and O–H groups in total. The zero-order chi connectivity index (χ0) is 13.9. The SMILES string of the molecule is C[C@H](Cn1cc(Br)cn1)NC[C@@](C)(O)c1cccs1. The molecule has 0 aliphatic heterocycles. The van der Waals surface area contributed by atoms with Crippen molar-refractivity contribution in [1.82, 2.24) is 15.1 Å².